The van der Waals surface area contributed by atoms with Crippen LogP contribution in [0.15, 0.2) is 48.6 Å². The lowest BCUT2D eigenvalue weighted by Crippen LogP contribution is -2.56. The summed E-state index contributed by atoms with van der Waals surface area (Å²) in [6, 6.07) is 0. The highest BCUT2D eigenvalue weighted by Crippen LogP contribution is 2.36. The van der Waals surface area contributed by atoms with Crippen LogP contribution < -0.4 is 0 Å². The number of carboxylic acids is 4. The van der Waals surface area contributed by atoms with Gasteiger partial charge in [0.15, 0.2) is 0 Å². The molecule has 0 aromatic carbocycles. The van der Waals surface area contributed by atoms with Crippen molar-refractivity contribution < 1.29 is 49.4 Å². The van der Waals surface area contributed by atoms with Crippen molar-refractivity contribution >= 4 is 23.9 Å². The average molecular weight is 366 g/mol. The zero-order valence-electron chi connectivity index (χ0n) is 13.0. The monoisotopic (exact) mass is 366 g/mol. The highest BCUT2D eigenvalue weighted by Gasteiger charge is 2.56. The summed E-state index contributed by atoms with van der Waals surface area (Å²) in [5, 5.41) is 37.5. The number of hydrogen-bond acceptors (Lipinski definition) is 6. The second-order valence-electron chi connectivity index (χ2n) is 5.48. The van der Waals surface area contributed by atoms with Gasteiger partial charge in [-0.15, -0.1) is 0 Å². The number of aliphatic carboxylic acids is 4. The molecular formula is C16H14O10. The molecule has 0 fully saturated rings. The standard InChI is InChI=1S/C16H14O10/c17-11(18)9-5-1-3-7-15(9,13(21)22)25-26-16(14(23)24)8-4-2-6-10(16)12(19)20/h1-10H,(H,17,18)(H,19,20)(H,21,22)(H,23,24). The summed E-state index contributed by atoms with van der Waals surface area (Å²) in [6.45, 7) is 0. The number of allylic oxidation sites excluding steroid dienone is 4. The first-order chi connectivity index (χ1) is 12.2. The van der Waals surface area contributed by atoms with E-state index in [1.807, 2.05) is 0 Å². The molecule has 10 nitrogen and oxygen atoms in total. The van der Waals surface area contributed by atoms with Crippen LogP contribution in [-0.2, 0) is 29.0 Å². The van der Waals surface area contributed by atoms with Crippen LogP contribution in [0, 0.1) is 11.8 Å². The van der Waals surface area contributed by atoms with Crippen molar-refractivity contribution in [3.63, 3.8) is 0 Å². The molecule has 2 rings (SSSR count). The highest BCUT2D eigenvalue weighted by molar-refractivity contribution is 5.91. The Labute approximate surface area is 145 Å². The number of carbonyl (C=O) groups is 4. The molecule has 0 bridgehead atoms. The minimum absolute atomic E-state index is 0.877. The smallest absolute Gasteiger partial charge is 0.344 e. The SMILES string of the molecule is O=C(O)C1C=CC=CC1(OOC1(C(=O)O)C=CC=CC1C(=O)O)C(=O)O. The molecule has 0 spiro atoms. The first kappa shape index (κ1) is 19.1. The predicted molar refractivity (Wildman–Crippen MR) is 81.7 cm³/mol. The molecular weight excluding hydrogens is 352 g/mol. The lowest BCUT2D eigenvalue weighted by Gasteiger charge is -2.36. The van der Waals surface area contributed by atoms with Crippen LogP contribution in [0.3, 0.4) is 0 Å². The van der Waals surface area contributed by atoms with Crippen molar-refractivity contribution in [1.82, 2.24) is 0 Å². The van der Waals surface area contributed by atoms with Gasteiger partial charge in [-0.05, 0) is 12.2 Å². The fraction of sp³-hybridized carbons (Fsp3) is 0.250. The van der Waals surface area contributed by atoms with Crippen LogP contribution in [0.2, 0.25) is 0 Å². The lowest BCUT2D eigenvalue weighted by atomic mass is 9.83. The number of rotatable bonds is 7. The van der Waals surface area contributed by atoms with E-state index in [9.17, 15) is 39.6 Å². The average Bonchev–Trinajstić information content (AvgIpc) is 2.59. The van der Waals surface area contributed by atoms with E-state index in [-0.39, 0.29) is 0 Å². The van der Waals surface area contributed by atoms with E-state index in [4.69, 9.17) is 9.78 Å². The van der Waals surface area contributed by atoms with Gasteiger partial charge in [0.05, 0.1) is 0 Å². The first-order valence-corrected chi connectivity index (χ1v) is 7.18. The van der Waals surface area contributed by atoms with Gasteiger partial charge in [-0.2, -0.15) is 0 Å². The normalized spacial score (nSPS) is 32.3. The topological polar surface area (TPSA) is 168 Å². The highest BCUT2D eigenvalue weighted by atomic mass is 17.2. The van der Waals surface area contributed by atoms with E-state index in [0.717, 1.165) is 24.3 Å². The van der Waals surface area contributed by atoms with Crippen LogP contribution in [-0.4, -0.2) is 55.5 Å². The first-order valence-electron chi connectivity index (χ1n) is 7.18. The Balaban J connectivity index is 2.43. The lowest BCUT2D eigenvalue weighted by molar-refractivity contribution is -0.389. The molecule has 138 valence electrons. The molecule has 26 heavy (non-hydrogen) atoms. The van der Waals surface area contributed by atoms with Gasteiger partial charge in [0.2, 0.25) is 11.2 Å². The van der Waals surface area contributed by atoms with Crippen molar-refractivity contribution in [1.29, 1.82) is 0 Å². The Kier molecular flexibility index (Phi) is 5.10. The minimum Gasteiger partial charge on any atom is -0.481 e. The summed E-state index contributed by atoms with van der Waals surface area (Å²) in [5.41, 5.74) is -5.16. The molecule has 0 radical (unpaired) electrons. The maximum atomic E-state index is 11.7. The summed E-state index contributed by atoms with van der Waals surface area (Å²) < 4.78 is 0. The van der Waals surface area contributed by atoms with Crippen molar-refractivity contribution in [2.75, 3.05) is 0 Å². The van der Waals surface area contributed by atoms with E-state index in [2.05, 4.69) is 0 Å². The molecule has 0 saturated carbocycles. The van der Waals surface area contributed by atoms with Gasteiger partial charge in [-0.3, -0.25) is 9.59 Å². The zero-order chi connectivity index (χ0) is 19.5. The quantitative estimate of drug-likeness (QED) is 0.362. The molecule has 0 heterocycles. The van der Waals surface area contributed by atoms with Crippen molar-refractivity contribution in [3.05, 3.63) is 48.6 Å². The molecule has 4 atom stereocenters. The van der Waals surface area contributed by atoms with Crippen LogP contribution in [0.25, 0.3) is 0 Å². The molecule has 0 amide bonds. The summed E-state index contributed by atoms with van der Waals surface area (Å²) in [4.78, 5) is 55.9. The van der Waals surface area contributed by atoms with Crippen LogP contribution in [0.5, 0.6) is 0 Å². The number of hydrogen-bond donors (Lipinski definition) is 4. The van der Waals surface area contributed by atoms with Gasteiger partial charge in [0, 0.05) is 0 Å². The fourth-order valence-electron chi connectivity index (χ4n) is 2.55. The Hall–Kier alpha value is -3.24. The van der Waals surface area contributed by atoms with E-state index in [1.165, 1.54) is 24.3 Å². The van der Waals surface area contributed by atoms with Crippen LogP contribution in [0.1, 0.15) is 0 Å². The summed E-state index contributed by atoms with van der Waals surface area (Å²) >= 11 is 0. The number of carboxylic acid groups (broad SMARTS) is 4. The van der Waals surface area contributed by atoms with Gasteiger partial charge >= 0.3 is 23.9 Å². The Morgan fingerprint density at radius 1 is 0.654 bits per heavy atom. The second kappa shape index (κ2) is 6.94. The third kappa shape index (κ3) is 3.03. The Morgan fingerprint density at radius 3 is 1.27 bits per heavy atom. The fourth-order valence-corrected chi connectivity index (χ4v) is 2.55. The van der Waals surface area contributed by atoms with E-state index < -0.39 is 46.9 Å². The van der Waals surface area contributed by atoms with E-state index in [0.29, 0.717) is 0 Å². The van der Waals surface area contributed by atoms with Gasteiger partial charge in [0.1, 0.15) is 11.8 Å². The predicted octanol–water partition coefficient (Wildman–Crippen LogP) is 0.235. The molecule has 0 aliphatic heterocycles. The van der Waals surface area contributed by atoms with Crippen molar-refractivity contribution in [3.8, 4) is 0 Å². The van der Waals surface area contributed by atoms with Crippen LogP contribution in [0.4, 0.5) is 0 Å². The Morgan fingerprint density at radius 2 is 1.00 bits per heavy atom. The van der Waals surface area contributed by atoms with Crippen LogP contribution >= 0.6 is 0 Å². The minimum atomic E-state index is -2.58. The molecule has 0 aromatic heterocycles. The maximum Gasteiger partial charge on any atom is 0.344 e. The van der Waals surface area contributed by atoms with Gasteiger partial charge in [-0.25, -0.2) is 19.4 Å². The largest absolute Gasteiger partial charge is 0.481 e. The van der Waals surface area contributed by atoms with Gasteiger partial charge in [-0.1, -0.05) is 36.5 Å². The maximum absolute atomic E-state index is 11.7. The summed E-state index contributed by atoms with van der Waals surface area (Å²) in [5.74, 6) is -10.1. The van der Waals surface area contributed by atoms with Gasteiger partial charge < -0.3 is 20.4 Å². The van der Waals surface area contributed by atoms with E-state index in [1.54, 1.807) is 0 Å². The van der Waals surface area contributed by atoms with Crippen molar-refractivity contribution in [2.45, 2.75) is 11.2 Å². The van der Waals surface area contributed by atoms with Crippen molar-refractivity contribution in [2.24, 2.45) is 11.8 Å². The molecule has 4 unspecified atom stereocenters. The molecule has 0 saturated heterocycles. The molecule has 2 aliphatic rings. The summed E-state index contributed by atoms with van der Waals surface area (Å²) in [7, 11) is 0. The summed E-state index contributed by atoms with van der Waals surface area (Å²) in [6.07, 6.45) is 8.74. The zero-order valence-corrected chi connectivity index (χ0v) is 13.0. The van der Waals surface area contributed by atoms with E-state index >= 15 is 0 Å². The molecule has 0 aromatic rings. The molecule has 2 aliphatic carbocycles. The molecule has 4 N–H and O–H groups in total. The van der Waals surface area contributed by atoms with Gasteiger partial charge in [0.25, 0.3) is 0 Å². The molecule has 10 heteroatoms. The third-order valence-electron chi connectivity index (χ3n) is 3.96. The second-order valence-corrected chi connectivity index (χ2v) is 5.48. The third-order valence-corrected chi connectivity index (χ3v) is 3.96. The Bertz CT molecular complexity index is 697.